The van der Waals surface area contributed by atoms with Gasteiger partial charge in [0.2, 0.25) is 18.6 Å². The highest BCUT2D eigenvalue weighted by molar-refractivity contribution is 5.98. The molecule has 0 unspecified atom stereocenters. The lowest BCUT2D eigenvalue weighted by Gasteiger charge is -2.22. The number of benzene rings is 2. The summed E-state index contributed by atoms with van der Waals surface area (Å²) in [5.74, 6) is 2.36. The minimum atomic E-state index is -0.264. The average Bonchev–Trinajstić information content (AvgIpc) is 3.37. The second-order valence-corrected chi connectivity index (χ2v) is 7.19. The van der Waals surface area contributed by atoms with Crippen molar-refractivity contribution in [2.24, 2.45) is 0 Å². The fourth-order valence-corrected chi connectivity index (χ4v) is 3.69. The first kappa shape index (κ1) is 18.4. The summed E-state index contributed by atoms with van der Waals surface area (Å²) >= 11 is 0. The van der Waals surface area contributed by atoms with Gasteiger partial charge < -0.3 is 29.2 Å². The van der Waals surface area contributed by atoms with Crippen LogP contribution in [0.25, 0.3) is 6.08 Å². The quantitative estimate of drug-likeness (QED) is 0.780. The first-order chi connectivity index (χ1) is 14.7. The molecule has 2 aromatic carbocycles. The van der Waals surface area contributed by atoms with E-state index in [0.29, 0.717) is 42.8 Å². The summed E-state index contributed by atoms with van der Waals surface area (Å²) in [5, 5.41) is 2.89. The third-order valence-corrected chi connectivity index (χ3v) is 5.13. The predicted molar refractivity (Wildman–Crippen MR) is 108 cm³/mol. The molecule has 5 rings (SSSR count). The van der Waals surface area contributed by atoms with Crippen LogP contribution in [0.4, 0.5) is 5.69 Å². The van der Waals surface area contributed by atoms with Gasteiger partial charge >= 0.3 is 0 Å². The van der Waals surface area contributed by atoms with Crippen molar-refractivity contribution in [3.63, 3.8) is 0 Å². The zero-order chi connectivity index (χ0) is 20.5. The predicted octanol–water partition coefficient (Wildman–Crippen LogP) is 2.12. The standard InChI is InChI=1S/C22H20N2O6/c25-21(6-2-14-1-4-18-19(9-14)30-13-29-18)23-15-10-22(26)24(12-15)16-3-5-17-20(11-16)28-8-7-27-17/h1-6,9,11,15H,7-8,10,12-13H2,(H,23,25)/b6-2-/t15-/m0/s1. The van der Waals surface area contributed by atoms with E-state index < -0.39 is 0 Å². The summed E-state index contributed by atoms with van der Waals surface area (Å²) in [6, 6.07) is 10.6. The van der Waals surface area contributed by atoms with Gasteiger partial charge in [-0.05, 0) is 35.9 Å². The first-order valence-electron chi connectivity index (χ1n) is 9.74. The van der Waals surface area contributed by atoms with Crippen molar-refractivity contribution < 1.29 is 28.5 Å². The molecule has 0 spiro atoms. The molecule has 154 valence electrons. The number of rotatable bonds is 4. The number of nitrogens with one attached hydrogen (secondary N) is 1. The molecule has 0 bridgehead atoms. The zero-order valence-corrected chi connectivity index (χ0v) is 16.1. The molecular formula is C22H20N2O6. The van der Waals surface area contributed by atoms with E-state index in [4.69, 9.17) is 18.9 Å². The molecule has 0 saturated carbocycles. The summed E-state index contributed by atoms with van der Waals surface area (Å²) in [6.07, 6.45) is 3.40. The molecule has 3 aliphatic rings. The number of amides is 2. The molecule has 1 fully saturated rings. The van der Waals surface area contributed by atoms with E-state index in [0.717, 1.165) is 11.3 Å². The summed E-state index contributed by atoms with van der Waals surface area (Å²) in [6.45, 7) is 1.61. The molecule has 0 aromatic heterocycles. The highest BCUT2D eigenvalue weighted by Crippen LogP contribution is 2.35. The molecule has 1 N–H and O–H groups in total. The van der Waals surface area contributed by atoms with Gasteiger partial charge in [-0.1, -0.05) is 6.07 Å². The fraction of sp³-hybridized carbons (Fsp3) is 0.273. The number of carbonyl (C=O) groups excluding carboxylic acids is 2. The lowest BCUT2D eigenvalue weighted by molar-refractivity contribution is -0.117. The van der Waals surface area contributed by atoms with E-state index in [2.05, 4.69) is 5.32 Å². The van der Waals surface area contributed by atoms with Crippen LogP contribution in [0.5, 0.6) is 23.0 Å². The van der Waals surface area contributed by atoms with Crippen LogP contribution in [0.15, 0.2) is 42.5 Å². The van der Waals surface area contributed by atoms with Crippen LogP contribution in [0.1, 0.15) is 12.0 Å². The van der Waals surface area contributed by atoms with Gasteiger partial charge in [0.1, 0.15) is 13.2 Å². The summed E-state index contributed by atoms with van der Waals surface area (Å²) in [4.78, 5) is 26.5. The Kier molecular flexibility index (Phi) is 4.66. The van der Waals surface area contributed by atoms with Crippen molar-refractivity contribution in [1.29, 1.82) is 0 Å². The van der Waals surface area contributed by atoms with Crippen LogP contribution >= 0.6 is 0 Å². The Labute approximate surface area is 173 Å². The molecular weight excluding hydrogens is 388 g/mol. The van der Waals surface area contributed by atoms with E-state index in [-0.39, 0.29) is 31.1 Å². The SMILES string of the molecule is O=C(/C=C\c1ccc2c(c1)OCO2)N[C@H]1CC(=O)N(c2ccc3c(c2)OCCO3)C1. The van der Waals surface area contributed by atoms with Gasteiger partial charge in [0.25, 0.3) is 0 Å². The van der Waals surface area contributed by atoms with Crippen molar-refractivity contribution >= 4 is 23.6 Å². The lowest BCUT2D eigenvalue weighted by Crippen LogP contribution is -2.36. The summed E-state index contributed by atoms with van der Waals surface area (Å²) in [7, 11) is 0. The molecule has 30 heavy (non-hydrogen) atoms. The number of fused-ring (bicyclic) bond motifs is 2. The van der Waals surface area contributed by atoms with Gasteiger partial charge in [0.05, 0.1) is 6.04 Å². The van der Waals surface area contributed by atoms with Gasteiger partial charge in [-0.25, -0.2) is 0 Å². The fourth-order valence-electron chi connectivity index (χ4n) is 3.69. The second-order valence-electron chi connectivity index (χ2n) is 7.19. The smallest absolute Gasteiger partial charge is 0.244 e. The Morgan fingerprint density at radius 2 is 1.70 bits per heavy atom. The number of nitrogens with zero attached hydrogens (tertiary/aromatic N) is 1. The summed E-state index contributed by atoms with van der Waals surface area (Å²) in [5.41, 5.74) is 1.56. The Bertz CT molecular complexity index is 1030. The van der Waals surface area contributed by atoms with E-state index in [1.807, 2.05) is 18.2 Å². The van der Waals surface area contributed by atoms with E-state index in [1.165, 1.54) is 6.08 Å². The minimum Gasteiger partial charge on any atom is -0.486 e. The molecule has 3 aliphatic heterocycles. The van der Waals surface area contributed by atoms with Crippen molar-refractivity contribution in [3.05, 3.63) is 48.0 Å². The highest BCUT2D eigenvalue weighted by Gasteiger charge is 2.32. The largest absolute Gasteiger partial charge is 0.486 e. The molecule has 1 saturated heterocycles. The van der Waals surface area contributed by atoms with Crippen molar-refractivity contribution in [1.82, 2.24) is 5.32 Å². The van der Waals surface area contributed by atoms with Crippen LogP contribution in [0, 0.1) is 0 Å². The Morgan fingerprint density at radius 3 is 2.60 bits per heavy atom. The van der Waals surface area contributed by atoms with Gasteiger partial charge in [-0.2, -0.15) is 0 Å². The van der Waals surface area contributed by atoms with Gasteiger partial charge in [0.15, 0.2) is 23.0 Å². The monoisotopic (exact) mass is 408 g/mol. The minimum absolute atomic E-state index is 0.0447. The van der Waals surface area contributed by atoms with Gasteiger partial charge in [0, 0.05) is 30.8 Å². The number of carbonyl (C=O) groups is 2. The van der Waals surface area contributed by atoms with Crippen LogP contribution in [0.3, 0.4) is 0 Å². The molecule has 1 atom stereocenters. The Hall–Kier alpha value is -3.68. The van der Waals surface area contributed by atoms with Crippen molar-refractivity contribution in [2.45, 2.75) is 12.5 Å². The number of hydrogen-bond acceptors (Lipinski definition) is 6. The molecule has 8 nitrogen and oxygen atoms in total. The highest BCUT2D eigenvalue weighted by atomic mass is 16.7. The molecule has 3 heterocycles. The van der Waals surface area contributed by atoms with Crippen molar-refractivity contribution in [2.75, 3.05) is 31.5 Å². The number of anilines is 1. The molecule has 2 amide bonds. The zero-order valence-electron chi connectivity index (χ0n) is 16.1. The second kappa shape index (κ2) is 7.62. The van der Waals surface area contributed by atoms with E-state index in [1.54, 1.807) is 29.2 Å². The maximum Gasteiger partial charge on any atom is 0.244 e. The van der Waals surface area contributed by atoms with Crippen LogP contribution in [-0.4, -0.2) is 44.4 Å². The van der Waals surface area contributed by atoms with Gasteiger partial charge in [-0.3, -0.25) is 9.59 Å². The normalized spacial score (nSPS) is 19.4. The first-order valence-corrected chi connectivity index (χ1v) is 9.74. The third-order valence-electron chi connectivity index (χ3n) is 5.13. The van der Waals surface area contributed by atoms with Gasteiger partial charge in [-0.15, -0.1) is 0 Å². The van der Waals surface area contributed by atoms with Crippen LogP contribution in [0.2, 0.25) is 0 Å². The lowest BCUT2D eigenvalue weighted by atomic mass is 10.2. The topological polar surface area (TPSA) is 86.3 Å². The third kappa shape index (κ3) is 3.63. The average molecular weight is 408 g/mol. The molecule has 8 heteroatoms. The maximum atomic E-state index is 12.5. The maximum absolute atomic E-state index is 12.5. The van der Waals surface area contributed by atoms with Crippen LogP contribution < -0.4 is 29.2 Å². The number of ether oxygens (including phenoxy) is 4. The summed E-state index contributed by atoms with van der Waals surface area (Å²) < 4.78 is 21.7. The Balaban J connectivity index is 1.21. The molecule has 0 aliphatic carbocycles. The van der Waals surface area contributed by atoms with E-state index in [9.17, 15) is 9.59 Å². The van der Waals surface area contributed by atoms with E-state index >= 15 is 0 Å². The molecule has 2 aromatic rings. The number of hydrogen-bond donors (Lipinski definition) is 1. The van der Waals surface area contributed by atoms with Crippen molar-refractivity contribution in [3.8, 4) is 23.0 Å². The van der Waals surface area contributed by atoms with Crippen LogP contribution in [-0.2, 0) is 9.59 Å². The molecule has 0 radical (unpaired) electrons. The Morgan fingerprint density at radius 1 is 0.967 bits per heavy atom.